The van der Waals surface area contributed by atoms with Gasteiger partial charge in [-0.2, -0.15) is 0 Å². The monoisotopic (exact) mass is 248 g/mol. The van der Waals surface area contributed by atoms with Gasteiger partial charge in [-0.05, 0) is 38.7 Å². The maximum Gasteiger partial charge on any atom is 0.122 e. The highest BCUT2D eigenvalue weighted by Crippen LogP contribution is 2.31. The van der Waals surface area contributed by atoms with E-state index in [0.717, 1.165) is 30.3 Å². The van der Waals surface area contributed by atoms with Crippen molar-refractivity contribution >= 4 is 5.69 Å². The van der Waals surface area contributed by atoms with Crippen LogP contribution >= 0.6 is 0 Å². The summed E-state index contributed by atoms with van der Waals surface area (Å²) in [5.74, 6) is 1.15. The fourth-order valence-electron chi connectivity index (χ4n) is 2.52. The number of phenols is 1. The Morgan fingerprint density at radius 2 is 2.17 bits per heavy atom. The molecule has 2 rings (SSSR count). The number of hydrogen-bond acceptors (Lipinski definition) is 3. The van der Waals surface area contributed by atoms with Crippen LogP contribution in [0.3, 0.4) is 0 Å². The molecule has 1 aliphatic carbocycles. The average Bonchev–Trinajstić information content (AvgIpc) is 2.27. The summed E-state index contributed by atoms with van der Waals surface area (Å²) in [6.45, 7) is 6.14. The molecule has 0 amide bonds. The van der Waals surface area contributed by atoms with E-state index >= 15 is 0 Å². The number of nitrogens with zero attached hydrogens (tertiary/aromatic N) is 1. The van der Waals surface area contributed by atoms with Gasteiger partial charge in [0.25, 0.3) is 0 Å². The fraction of sp³-hybridized carbons (Fsp3) is 0.600. The van der Waals surface area contributed by atoms with Gasteiger partial charge in [-0.3, -0.25) is 0 Å². The Hall–Kier alpha value is -1.22. The number of phenolic OH excluding ortho intramolecular Hbond substituents is 1. The van der Waals surface area contributed by atoms with E-state index < -0.39 is 0 Å². The molecular weight excluding hydrogens is 224 g/mol. The Kier molecular flexibility index (Phi) is 4.12. The van der Waals surface area contributed by atoms with Crippen molar-refractivity contribution in [3.05, 3.63) is 23.8 Å². The molecule has 0 bridgehead atoms. The van der Waals surface area contributed by atoms with Gasteiger partial charge in [-0.25, -0.2) is 0 Å². The smallest absolute Gasteiger partial charge is 0.122 e. The molecule has 3 N–H and O–H groups in total. The molecule has 0 saturated heterocycles. The lowest BCUT2D eigenvalue weighted by atomic mass is 9.85. The van der Waals surface area contributed by atoms with Crippen molar-refractivity contribution in [1.29, 1.82) is 0 Å². The predicted molar refractivity (Wildman–Crippen MR) is 75.9 cm³/mol. The highest BCUT2D eigenvalue weighted by Gasteiger charge is 2.20. The van der Waals surface area contributed by atoms with Gasteiger partial charge in [0, 0.05) is 36.4 Å². The normalized spacial score (nSPS) is 17.3. The lowest BCUT2D eigenvalue weighted by Crippen LogP contribution is -2.32. The first-order chi connectivity index (χ1) is 8.61. The minimum Gasteiger partial charge on any atom is -0.508 e. The zero-order valence-corrected chi connectivity index (χ0v) is 11.4. The molecule has 1 unspecified atom stereocenters. The number of rotatable bonds is 5. The summed E-state index contributed by atoms with van der Waals surface area (Å²) in [5.41, 5.74) is 7.73. The van der Waals surface area contributed by atoms with Crippen LogP contribution in [-0.4, -0.2) is 18.2 Å². The summed E-state index contributed by atoms with van der Waals surface area (Å²) in [6.07, 6.45) is 4.07. The minimum atomic E-state index is -0.124. The third-order valence-electron chi connectivity index (χ3n) is 3.95. The van der Waals surface area contributed by atoms with Crippen molar-refractivity contribution in [3.8, 4) is 5.75 Å². The summed E-state index contributed by atoms with van der Waals surface area (Å²) >= 11 is 0. The Morgan fingerprint density at radius 3 is 2.61 bits per heavy atom. The largest absolute Gasteiger partial charge is 0.508 e. The maximum atomic E-state index is 10.0. The zero-order valence-electron chi connectivity index (χ0n) is 11.4. The van der Waals surface area contributed by atoms with E-state index in [1.54, 1.807) is 0 Å². The van der Waals surface area contributed by atoms with E-state index in [0.29, 0.717) is 5.75 Å². The molecule has 0 spiro atoms. The lowest BCUT2D eigenvalue weighted by molar-refractivity contribution is 0.318. The second-order valence-electron chi connectivity index (χ2n) is 5.37. The van der Waals surface area contributed by atoms with Crippen LogP contribution in [0.2, 0.25) is 0 Å². The predicted octanol–water partition coefficient (Wildman–Crippen LogP) is 3.04. The topological polar surface area (TPSA) is 49.5 Å². The minimum absolute atomic E-state index is 0.124. The highest BCUT2D eigenvalue weighted by atomic mass is 16.3. The Balaban J connectivity index is 2.12. The van der Waals surface area contributed by atoms with Crippen molar-refractivity contribution < 1.29 is 5.11 Å². The molecule has 100 valence electrons. The van der Waals surface area contributed by atoms with E-state index in [1.165, 1.54) is 19.3 Å². The molecule has 0 aliphatic heterocycles. The van der Waals surface area contributed by atoms with Gasteiger partial charge in [0.1, 0.15) is 5.75 Å². The van der Waals surface area contributed by atoms with Gasteiger partial charge in [0.15, 0.2) is 0 Å². The van der Waals surface area contributed by atoms with E-state index in [1.807, 2.05) is 19.1 Å². The average molecular weight is 248 g/mol. The third-order valence-corrected chi connectivity index (χ3v) is 3.95. The molecule has 0 radical (unpaired) electrons. The summed E-state index contributed by atoms with van der Waals surface area (Å²) in [5, 5.41) is 10.0. The van der Waals surface area contributed by atoms with Crippen molar-refractivity contribution in [1.82, 2.24) is 0 Å². The molecule has 1 aliphatic rings. The molecule has 0 aromatic heterocycles. The van der Waals surface area contributed by atoms with E-state index in [4.69, 9.17) is 5.73 Å². The number of nitrogens with two attached hydrogens (primary N) is 1. The standard InChI is InChI=1S/C15H24N2O/c1-3-17(10-12-5-4-6-12)13-7-8-14(11(2)16)15(18)9-13/h7-9,11-12,18H,3-6,10,16H2,1-2H3. The van der Waals surface area contributed by atoms with Crippen LogP contribution in [0.15, 0.2) is 18.2 Å². The number of anilines is 1. The second kappa shape index (κ2) is 5.61. The van der Waals surface area contributed by atoms with Crippen LogP contribution in [0, 0.1) is 5.92 Å². The fourth-order valence-corrected chi connectivity index (χ4v) is 2.52. The number of benzene rings is 1. The molecule has 18 heavy (non-hydrogen) atoms. The molecule has 1 aromatic carbocycles. The van der Waals surface area contributed by atoms with Gasteiger partial charge in [-0.15, -0.1) is 0 Å². The Labute approximate surface area is 110 Å². The van der Waals surface area contributed by atoms with Crippen molar-refractivity contribution in [2.75, 3.05) is 18.0 Å². The SMILES string of the molecule is CCN(CC1CCC1)c1ccc(C(C)N)c(O)c1. The van der Waals surface area contributed by atoms with E-state index in [-0.39, 0.29) is 6.04 Å². The molecule has 1 saturated carbocycles. The van der Waals surface area contributed by atoms with Crippen molar-refractivity contribution in [3.63, 3.8) is 0 Å². The van der Waals surface area contributed by atoms with Crippen LogP contribution < -0.4 is 10.6 Å². The maximum absolute atomic E-state index is 10.0. The first-order valence-corrected chi connectivity index (χ1v) is 6.95. The lowest BCUT2D eigenvalue weighted by Gasteiger charge is -2.33. The van der Waals surface area contributed by atoms with Crippen molar-refractivity contribution in [2.24, 2.45) is 11.7 Å². The van der Waals surface area contributed by atoms with Crippen LogP contribution in [0.4, 0.5) is 5.69 Å². The summed E-state index contributed by atoms with van der Waals surface area (Å²) in [4.78, 5) is 2.34. The second-order valence-corrected chi connectivity index (χ2v) is 5.37. The molecular formula is C15H24N2O. The quantitative estimate of drug-likeness (QED) is 0.842. The van der Waals surface area contributed by atoms with Gasteiger partial charge >= 0.3 is 0 Å². The molecule has 1 aromatic rings. The number of hydrogen-bond donors (Lipinski definition) is 2. The molecule has 3 nitrogen and oxygen atoms in total. The van der Waals surface area contributed by atoms with Gasteiger partial charge in [0.05, 0.1) is 0 Å². The van der Waals surface area contributed by atoms with E-state index in [9.17, 15) is 5.11 Å². The summed E-state index contributed by atoms with van der Waals surface area (Å²) in [6, 6.07) is 5.74. The molecule has 3 heteroatoms. The molecule has 1 atom stereocenters. The van der Waals surface area contributed by atoms with Crippen LogP contribution in [0.1, 0.15) is 44.7 Å². The zero-order chi connectivity index (χ0) is 13.1. The third kappa shape index (κ3) is 2.78. The Morgan fingerprint density at radius 1 is 1.44 bits per heavy atom. The van der Waals surface area contributed by atoms with Gasteiger partial charge in [-0.1, -0.05) is 12.5 Å². The molecule has 1 fully saturated rings. The van der Waals surface area contributed by atoms with Crippen molar-refractivity contribution in [2.45, 2.75) is 39.2 Å². The Bertz CT molecular complexity index is 399. The van der Waals surface area contributed by atoms with Crippen LogP contribution in [-0.2, 0) is 0 Å². The number of aromatic hydroxyl groups is 1. The van der Waals surface area contributed by atoms with Crippen LogP contribution in [0.5, 0.6) is 5.75 Å². The van der Waals surface area contributed by atoms with Gasteiger partial charge in [0.2, 0.25) is 0 Å². The van der Waals surface area contributed by atoms with E-state index in [2.05, 4.69) is 17.9 Å². The van der Waals surface area contributed by atoms with Crippen LogP contribution in [0.25, 0.3) is 0 Å². The first kappa shape index (κ1) is 13.2. The first-order valence-electron chi connectivity index (χ1n) is 6.95. The summed E-state index contributed by atoms with van der Waals surface area (Å²) < 4.78 is 0. The molecule has 0 heterocycles. The highest BCUT2D eigenvalue weighted by molar-refractivity contribution is 5.54. The summed E-state index contributed by atoms with van der Waals surface area (Å²) in [7, 11) is 0. The van der Waals surface area contributed by atoms with Gasteiger partial charge < -0.3 is 15.7 Å².